The van der Waals surface area contributed by atoms with E-state index in [0.29, 0.717) is 6.04 Å². The van der Waals surface area contributed by atoms with E-state index in [2.05, 4.69) is 43.1 Å². The van der Waals surface area contributed by atoms with E-state index in [0.717, 1.165) is 25.8 Å². The molecular formula is C15H21NO2. The molecule has 0 unspecified atom stereocenters. The normalized spacial score (nSPS) is 22.8. The fraction of sp³-hybridized carbons (Fsp3) is 0.533. The van der Waals surface area contributed by atoms with Gasteiger partial charge in [-0.3, -0.25) is 4.79 Å². The maximum absolute atomic E-state index is 10.8. The Balaban J connectivity index is 1.78. The van der Waals surface area contributed by atoms with Crippen LogP contribution >= 0.6 is 0 Å². The first-order valence-electron chi connectivity index (χ1n) is 6.55. The van der Waals surface area contributed by atoms with Crippen LogP contribution in [-0.4, -0.2) is 35.6 Å². The van der Waals surface area contributed by atoms with Crippen molar-refractivity contribution in [1.82, 2.24) is 4.90 Å². The molecule has 0 heterocycles. The average molecular weight is 247 g/mol. The summed E-state index contributed by atoms with van der Waals surface area (Å²) in [5, 5.41) is 8.86. The van der Waals surface area contributed by atoms with E-state index in [9.17, 15) is 4.79 Å². The van der Waals surface area contributed by atoms with Gasteiger partial charge in [0.1, 0.15) is 0 Å². The van der Waals surface area contributed by atoms with Crippen molar-refractivity contribution in [1.29, 1.82) is 0 Å². The molecule has 0 spiro atoms. The number of nitrogens with zero attached hydrogens (tertiary/aromatic N) is 1. The molecule has 1 aromatic carbocycles. The molecule has 1 aliphatic carbocycles. The number of carboxylic acid groups (broad SMARTS) is 1. The third-order valence-electron chi connectivity index (χ3n) is 4.08. The quantitative estimate of drug-likeness (QED) is 0.868. The minimum absolute atomic E-state index is 0.115. The predicted octanol–water partition coefficient (Wildman–Crippen LogP) is 2.33. The summed E-state index contributed by atoms with van der Waals surface area (Å²) in [4.78, 5) is 13.1. The first-order valence-corrected chi connectivity index (χ1v) is 6.55. The van der Waals surface area contributed by atoms with E-state index < -0.39 is 5.97 Å². The molecule has 1 aliphatic rings. The van der Waals surface area contributed by atoms with Gasteiger partial charge in [0.05, 0.1) is 5.92 Å². The van der Waals surface area contributed by atoms with Crippen molar-refractivity contribution in [3.05, 3.63) is 35.4 Å². The summed E-state index contributed by atoms with van der Waals surface area (Å²) in [6.07, 6.45) is 2.65. The molecule has 98 valence electrons. The number of hydrogen-bond acceptors (Lipinski definition) is 2. The zero-order valence-electron chi connectivity index (χ0n) is 11.1. The molecule has 1 aromatic rings. The lowest BCUT2D eigenvalue weighted by Crippen LogP contribution is -2.45. The summed E-state index contributed by atoms with van der Waals surface area (Å²) in [5.41, 5.74) is 2.72. The molecule has 3 heteroatoms. The standard InChI is InChI=1S/C15H21NO2/c1-11-5-3-4-6-12(11)7-8-16(2)14-9-13(10-14)15(17)18/h3-6,13-14H,7-10H2,1-2H3,(H,17,18). The second kappa shape index (κ2) is 5.53. The monoisotopic (exact) mass is 247 g/mol. The fourth-order valence-corrected chi connectivity index (χ4v) is 2.52. The molecule has 18 heavy (non-hydrogen) atoms. The van der Waals surface area contributed by atoms with E-state index in [1.165, 1.54) is 11.1 Å². The van der Waals surface area contributed by atoms with Crippen molar-refractivity contribution in [2.24, 2.45) is 5.92 Å². The predicted molar refractivity (Wildman–Crippen MR) is 71.7 cm³/mol. The number of carbonyl (C=O) groups is 1. The maximum Gasteiger partial charge on any atom is 0.306 e. The van der Waals surface area contributed by atoms with Crippen LogP contribution in [0.15, 0.2) is 24.3 Å². The highest BCUT2D eigenvalue weighted by molar-refractivity contribution is 5.71. The smallest absolute Gasteiger partial charge is 0.306 e. The number of rotatable bonds is 5. The van der Waals surface area contributed by atoms with Crippen LogP contribution < -0.4 is 0 Å². The van der Waals surface area contributed by atoms with Crippen molar-refractivity contribution in [2.75, 3.05) is 13.6 Å². The van der Waals surface area contributed by atoms with E-state index in [4.69, 9.17) is 5.11 Å². The van der Waals surface area contributed by atoms with Gasteiger partial charge < -0.3 is 10.0 Å². The van der Waals surface area contributed by atoms with E-state index >= 15 is 0 Å². The van der Waals surface area contributed by atoms with Crippen LogP contribution in [0.3, 0.4) is 0 Å². The Bertz CT molecular complexity index is 424. The van der Waals surface area contributed by atoms with Crippen molar-refractivity contribution in [2.45, 2.75) is 32.2 Å². The highest BCUT2D eigenvalue weighted by Crippen LogP contribution is 2.31. The second-order valence-electron chi connectivity index (χ2n) is 5.32. The van der Waals surface area contributed by atoms with Crippen LogP contribution in [0.4, 0.5) is 0 Å². The molecule has 0 saturated heterocycles. The summed E-state index contributed by atoms with van der Waals surface area (Å²) in [5.74, 6) is -0.755. The SMILES string of the molecule is Cc1ccccc1CCN(C)C1CC(C(=O)O)C1. The summed E-state index contributed by atoms with van der Waals surface area (Å²) in [6.45, 7) is 3.14. The van der Waals surface area contributed by atoms with Gasteiger partial charge in [-0.15, -0.1) is 0 Å². The van der Waals surface area contributed by atoms with E-state index in [1.54, 1.807) is 0 Å². The first-order chi connectivity index (χ1) is 8.58. The van der Waals surface area contributed by atoms with E-state index in [-0.39, 0.29) is 5.92 Å². The topological polar surface area (TPSA) is 40.5 Å². The lowest BCUT2D eigenvalue weighted by atomic mass is 9.79. The van der Waals surface area contributed by atoms with Gasteiger partial charge in [-0.1, -0.05) is 24.3 Å². The first kappa shape index (κ1) is 13.1. The second-order valence-corrected chi connectivity index (χ2v) is 5.32. The molecule has 0 amide bonds. The fourth-order valence-electron chi connectivity index (χ4n) is 2.52. The van der Waals surface area contributed by atoms with Crippen LogP contribution in [0.1, 0.15) is 24.0 Å². The molecule has 3 nitrogen and oxygen atoms in total. The minimum Gasteiger partial charge on any atom is -0.481 e. The molecule has 2 rings (SSSR count). The molecule has 1 N–H and O–H groups in total. The zero-order valence-corrected chi connectivity index (χ0v) is 11.1. The van der Waals surface area contributed by atoms with Gasteiger partial charge in [0.2, 0.25) is 0 Å². The highest BCUT2D eigenvalue weighted by Gasteiger charge is 2.36. The highest BCUT2D eigenvalue weighted by atomic mass is 16.4. The van der Waals surface area contributed by atoms with Gasteiger partial charge in [-0.25, -0.2) is 0 Å². The van der Waals surface area contributed by atoms with Crippen LogP contribution in [0, 0.1) is 12.8 Å². The summed E-state index contributed by atoms with van der Waals surface area (Å²) < 4.78 is 0. The number of hydrogen-bond donors (Lipinski definition) is 1. The number of aryl methyl sites for hydroxylation is 1. The number of benzene rings is 1. The summed E-state index contributed by atoms with van der Waals surface area (Å²) >= 11 is 0. The van der Waals surface area contributed by atoms with E-state index in [1.807, 2.05) is 0 Å². The lowest BCUT2D eigenvalue weighted by molar-refractivity contribution is -0.146. The number of carboxylic acids is 1. The Labute approximate surface area is 108 Å². The Kier molecular flexibility index (Phi) is 4.02. The molecule has 1 saturated carbocycles. The van der Waals surface area contributed by atoms with Crippen molar-refractivity contribution in [3.63, 3.8) is 0 Å². The lowest BCUT2D eigenvalue weighted by Gasteiger charge is -2.39. The van der Waals surface area contributed by atoms with Crippen LogP contribution in [0.25, 0.3) is 0 Å². The molecule has 0 aliphatic heterocycles. The molecule has 1 fully saturated rings. The van der Waals surface area contributed by atoms with Gasteiger partial charge in [0, 0.05) is 12.6 Å². The summed E-state index contributed by atoms with van der Waals surface area (Å²) in [6, 6.07) is 8.90. The minimum atomic E-state index is -0.640. The zero-order chi connectivity index (χ0) is 13.1. The molecule has 0 bridgehead atoms. The Morgan fingerprint density at radius 2 is 2.06 bits per heavy atom. The molecular weight excluding hydrogens is 226 g/mol. The van der Waals surface area contributed by atoms with Gasteiger partial charge in [-0.05, 0) is 44.4 Å². The number of aliphatic carboxylic acids is 1. The Morgan fingerprint density at radius 3 is 2.67 bits per heavy atom. The molecule has 0 aromatic heterocycles. The van der Waals surface area contributed by atoms with Crippen LogP contribution in [0.2, 0.25) is 0 Å². The van der Waals surface area contributed by atoms with Crippen LogP contribution in [-0.2, 0) is 11.2 Å². The van der Waals surface area contributed by atoms with Crippen molar-refractivity contribution < 1.29 is 9.90 Å². The molecule has 0 radical (unpaired) electrons. The third kappa shape index (κ3) is 2.91. The number of likely N-dealkylation sites (N-methyl/N-ethyl adjacent to an activating group) is 1. The van der Waals surface area contributed by atoms with Crippen molar-refractivity contribution >= 4 is 5.97 Å². The maximum atomic E-state index is 10.8. The summed E-state index contributed by atoms with van der Waals surface area (Å²) in [7, 11) is 2.10. The van der Waals surface area contributed by atoms with Gasteiger partial charge in [-0.2, -0.15) is 0 Å². The Hall–Kier alpha value is -1.35. The molecule has 0 atom stereocenters. The average Bonchev–Trinajstić information content (AvgIpc) is 2.25. The van der Waals surface area contributed by atoms with Crippen LogP contribution in [0.5, 0.6) is 0 Å². The largest absolute Gasteiger partial charge is 0.481 e. The van der Waals surface area contributed by atoms with Gasteiger partial charge >= 0.3 is 5.97 Å². The van der Waals surface area contributed by atoms with Gasteiger partial charge in [0.25, 0.3) is 0 Å². The Morgan fingerprint density at radius 1 is 1.39 bits per heavy atom. The van der Waals surface area contributed by atoms with Gasteiger partial charge in [0.15, 0.2) is 0 Å². The van der Waals surface area contributed by atoms with Crippen molar-refractivity contribution in [3.8, 4) is 0 Å². The third-order valence-corrected chi connectivity index (χ3v) is 4.08.